The fraction of sp³-hybridized carbons (Fsp3) is 0.917. The Morgan fingerprint density at radius 3 is 2.62 bits per heavy atom. The molecule has 1 saturated heterocycles. The average molecular weight is 227 g/mol. The molecule has 94 valence electrons. The van der Waals surface area contributed by atoms with Gasteiger partial charge in [0.05, 0.1) is 6.04 Å². The minimum Gasteiger partial charge on any atom is -0.340 e. The van der Waals surface area contributed by atoms with Crippen LogP contribution in [0.1, 0.15) is 26.7 Å². The SMILES string of the molecule is CCC(C)[C@H](N)C(=O)N1CCC(N(C)C)C1. The van der Waals surface area contributed by atoms with Gasteiger partial charge >= 0.3 is 0 Å². The molecule has 0 saturated carbocycles. The molecule has 1 aliphatic rings. The Kier molecular flexibility index (Phi) is 4.74. The van der Waals surface area contributed by atoms with E-state index in [0.29, 0.717) is 6.04 Å². The van der Waals surface area contributed by atoms with Crippen LogP contribution < -0.4 is 5.73 Å². The van der Waals surface area contributed by atoms with Crippen molar-refractivity contribution in [2.75, 3.05) is 27.2 Å². The molecule has 0 aliphatic carbocycles. The van der Waals surface area contributed by atoms with Crippen molar-refractivity contribution in [3.05, 3.63) is 0 Å². The smallest absolute Gasteiger partial charge is 0.239 e. The number of nitrogens with two attached hydrogens (primary N) is 1. The van der Waals surface area contributed by atoms with E-state index in [9.17, 15) is 4.79 Å². The molecule has 1 heterocycles. The lowest BCUT2D eigenvalue weighted by atomic mass is 9.99. The first-order valence-electron chi connectivity index (χ1n) is 6.18. The van der Waals surface area contributed by atoms with Crippen molar-refractivity contribution >= 4 is 5.91 Å². The molecule has 0 spiro atoms. The van der Waals surface area contributed by atoms with Crippen molar-refractivity contribution in [1.82, 2.24) is 9.80 Å². The van der Waals surface area contributed by atoms with E-state index < -0.39 is 0 Å². The fourth-order valence-corrected chi connectivity index (χ4v) is 2.07. The maximum absolute atomic E-state index is 12.1. The fourth-order valence-electron chi connectivity index (χ4n) is 2.07. The van der Waals surface area contributed by atoms with Crippen LogP contribution in [-0.2, 0) is 4.79 Å². The summed E-state index contributed by atoms with van der Waals surface area (Å²) in [6.45, 7) is 5.80. The van der Waals surface area contributed by atoms with Gasteiger partial charge in [0, 0.05) is 19.1 Å². The van der Waals surface area contributed by atoms with Gasteiger partial charge in [0.1, 0.15) is 0 Å². The maximum Gasteiger partial charge on any atom is 0.239 e. The average Bonchev–Trinajstić information content (AvgIpc) is 2.75. The first-order valence-corrected chi connectivity index (χ1v) is 6.18. The molecule has 4 heteroatoms. The maximum atomic E-state index is 12.1. The lowest BCUT2D eigenvalue weighted by Gasteiger charge is -2.25. The van der Waals surface area contributed by atoms with E-state index in [-0.39, 0.29) is 17.9 Å². The summed E-state index contributed by atoms with van der Waals surface area (Å²) in [5, 5.41) is 0. The quantitative estimate of drug-likeness (QED) is 0.762. The van der Waals surface area contributed by atoms with E-state index in [4.69, 9.17) is 5.73 Å². The summed E-state index contributed by atoms with van der Waals surface area (Å²) in [6.07, 6.45) is 2.02. The van der Waals surface area contributed by atoms with Gasteiger partial charge in [0.25, 0.3) is 0 Å². The number of hydrogen-bond acceptors (Lipinski definition) is 3. The molecule has 0 bridgehead atoms. The Morgan fingerprint density at radius 2 is 2.19 bits per heavy atom. The normalized spacial score (nSPS) is 24.9. The molecule has 1 aliphatic heterocycles. The van der Waals surface area contributed by atoms with Crippen LogP contribution in [-0.4, -0.2) is 55.0 Å². The minimum atomic E-state index is -0.328. The summed E-state index contributed by atoms with van der Waals surface area (Å²) in [7, 11) is 4.13. The van der Waals surface area contributed by atoms with Crippen molar-refractivity contribution in [3.8, 4) is 0 Å². The monoisotopic (exact) mass is 227 g/mol. The third kappa shape index (κ3) is 2.95. The van der Waals surface area contributed by atoms with E-state index >= 15 is 0 Å². The number of likely N-dealkylation sites (N-methyl/N-ethyl adjacent to an activating group) is 1. The largest absolute Gasteiger partial charge is 0.340 e. The topological polar surface area (TPSA) is 49.6 Å². The van der Waals surface area contributed by atoms with Crippen LogP contribution in [0.4, 0.5) is 0 Å². The number of nitrogens with zero attached hydrogens (tertiary/aromatic N) is 2. The van der Waals surface area contributed by atoms with Crippen molar-refractivity contribution in [1.29, 1.82) is 0 Å². The molecule has 1 fully saturated rings. The van der Waals surface area contributed by atoms with Crippen LogP contribution in [0.2, 0.25) is 0 Å². The zero-order valence-corrected chi connectivity index (χ0v) is 10.9. The molecule has 1 amide bonds. The number of carbonyl (C=O) groups excluding carboxylic acids is 1. The van der Waals surface area contributed by atoms with E-state index in [1.165, 1.54) is 0 Å². The Hall–Kier alpha value is -0.610. The number of hydrogen-bond donors (Lipinski definition) is 1. The van der Waals surface area contributed by atoms with Crippen LogP contribution in [0.25, 0.3) is 0 Å². The molecule has 4 nitrogen and oxygen atoms in total. The van der Waals surface area contributed by atoms with Crippen LogP contribution in [0.3, 0.4) is 0 Å². The molecule has 0 aromatic rings. The van der Waals surface area contributed by atoms with Crippen LogP contribution in [0.5, 0.6) is 0 Å². The van der Waals surface area contributed by atoms with Gasteiger partial charge in [-0.2, -0.15) is 0 Å². The summed E-state index contributed by atoms with van der Waals surface area (Å²) in [5.41, 5.74) is 5.97. The summed E-state index contributed by atoms with van der Waals surface area (Å²) in [5.74, 6) is 0.393. The number of likely N-dealkylation sites (tertiary alicyclic amines) is 1. The van der Waals surface area contributed by atoms with Crippen LogP contribution in [0.15, 0.2) is 0 Å². The Labute approximate surface area is 98.8 Å². The third-order valence-corrected chi connectivity index (χ3v) is 3.75. The second kappa shape index (κ2) is 5.64. The summed E-state index contributed by atoms with van der Waals surface area (Å²) in [6, 6.07) is 0.166. The van der Waals surface area contributed by atoms with Crippen LogP contribution >= 0.6 is 0 Å². The second-order valence-electron chi connectivity index (χ2n) is 5.10. The van der Waals surface area contributed by atoms with Gasteiger partial charge in [-0.1, -0.05) is 20.3 Å². The van der Waals surface area contributed by atoms with Crippen molar-refractivity contribution in [3.63, 3.8) is 0 Å². The van der Waals surface area contributed by atoms with Crippen molar-refractivity contribution < 1.29 is 4.79 Å². The third-order valence-electron chi connectivity index (χ3n) is 3.75. The Morgan fingerprint density at radius 1 is 1.56 bits per heavy atom. The summed E-state index contributed by atoms with van der Waals surface area (Å²) in [4.78, 5) is 16.2. The highest BCUT2D eigenvalue weighted by Gasteiger charge is 2.31. The van der Waals surface area contributed by atoms with Crippen LogP contribution in [0, 0.1) is 5.92 Å². The van der Waals surface area contributed by atoms with Gasteiger partial charge in [-0.25, -0.2) is 0 Å². The van der Waals surface area contributed by atoms with Gasteiger partial charge in [0.15, 0.2) is 0 Å². The van der Waals surface area contributed by atoms with E-state index in [0.717, 1.165) is 25.9 Å². The van der Waals surface area contributed by atoms with Gasteiger partial charge < -0.3 is 15.5 Å². The Balaban J connectivity index is 2.50. The first kappa shape index (κ1) is 13.5. The second-order valence-corrected chi connectivity index (χ2v) is 5.10. The van der Waals surface area contributed by atoms with Gasteiger partial charge in [-0.05, 0) is 26.4 Å². The highest BCUT2D eigenvalue weighted by molar-refractivity contribution is 5.82. The lowest BCUT2D eigenvalue weighted by Crippen LogP contribution is -2.47. The molecule has 2 N–H and O–H groups in total. The van der Waals surface area contributed by atoms with Gasteiger partial charge in [0.2, 0.25) is 5.91 Å². The lowest BCUT2D eigenvalue weighted by molar-refractivity contribution is -0.132. The summed E-state index contributed by atoms with van der Waals surface area (Å²) < 4.78 is 0. The molecule has 2 unspecified atom stereocenters. The number of carbonyl (C=O) groups is 1. The molecule has 0 aromatic carbocycles. The zero-order valence-electron chi connectivity index (χ0n) is 10.9. The van der Waals surface area contributed by atoms with Gasteiger partial charge in [-0.15, -0.1) is 0 Å². The predicted molar refractivity (Wildman–Crippen MR) is 66.1 cm³/mol. The zero-order chi connectivity index (χ0) is 12.3. The summed E-state index contributed by atoms with van der Waals surface area (Å²) >= 11 is 0. The highest BCUT2D eigenvalue weighted by atomic mass is 16.2. The number of amides is 1. The number of rotatable bonds is 4. The molecule has 0 aromatic heterocycles. The standard InChI is InChI=1S/C12H25N3O/c1-5-9(2)11(13)12(16)15-7-6-10(8-15)14(3)4/h9-11H,5-8,13H2,1-4H3/t9?,10?,11-/m0/s1. The van der Waals surface area contributed by atoms with E-state index in [2.05, 4.69) is 25.9 Å². The molecule has 3 atom stereocenters. The molecule has 0 radical (unpaired) electrons. The van der Waals surface area contributed by atoms with Crippen molar-refractivity contribution in [2.24, 2.45) is 11.7 Å². The van der Waals surface area contributed by atoms with Gasteiger partial charge in [-0.3, -0.25) is 4.79 Å². The van der Waals surface area contributed by atoms with E-state index in [1.54, 1.807) is 0 Å². The van der Waals surface area contributed by atoms with E-state index in [1.807, 2.05) is 11.8 Å². The molecule has 1 rings (SSSR count). The Bertz CT molecular complexity index is 242. The van der Waals surface area contributed by atoms with Crippen molar-refractivity contribution in [2.45, 2.75) is 38.8 Å². The first-order chi connectivity index (χ1) is 7.47. The predicted octanol–water partition coefficient (Wildman–Crippen LogP) is 0.522. The molecular weight excluding hydrogens is 202 g/mol. The highest BCUT2D eigenvalue weighted by Crippen LogP contribution is 2.16. The molecule has 16 heavy (non-hydrogen) atoms. The minimum absolute atomic E-state index is 0.124. The molecular formula is C12H25N3O.